The molecule has 0 aliphatic carbocycles. The highest BCUT2D eigenvalue weighted by molar-refractivity contribution is 5.91. The second kappa shape index (κ2) is 23.1. The van der Waals surface area contributed by atoms with Gasteiger partial charge in [-0.2, -0.15) is 9.59 Å². The average Bonchev–Trinajstić information content (AvgIpc) is 2.35. The minimum absolute atomic E-state index is 0. The second-order valence-corrected chi connectivity index (χ2v) is 3.08. The summed E-state index contributed by atoms with van der Waals surface area (Å²) in [6, 6.07) is -3.00. The van der Waals surface area contributed by atoms with Gasteiger partial charge in [0.15, 0.2) is 0 Å². The van der Waals surface area contributed by atoms with Crippen LogP contribution in [0.4, 0.5) is 19.2 Å². The molecule has 0 atom stereocenters. The van der Waals surface area contributed by atoms with Crippen LogP contribution in [0.1, 0.15) is 0 Å². The lowest BCUT2D eigenvalue weighted by atomic mass is 10.9. The molecule has 7 amide bonds. The first-order valence-corrected chi connectivity index (χ1v) is 5.41. The zero-order chi connectivity index (χ0) is 21.3. The number of amides is 7. The van der Waals surface area contributed by atoms with E-state index >= 15 is 0 Å². The molecule has 0 unspecified atom stereocenters. The smallest absolute Gasteiger partial charge is 0.373 e. The van der Waals surface area contributed by atoms with Crippen molar-refractivity contribution in [2.75, 3.05) is 0 Å². The number of nitrogens with one attached hydrogen (secondary N) is 5. The Labute approximate surface area is 156 Å². The summed E-state index contributed by atoms with van der Waals surface area (Å²) in [7, 11) is 0. The van der Waals surface area contributed by atoms with Crippen molar-refractivity contribution in [3.8, 4) is 0 Å². The lowest BCUT2D eigenvalue weighted by molar-refractivity contribution is -0.248. The minimum atomic E-state index is -1.69. The molecule has 21 heteroatoms. The number of primary amides is 3. The molecule has 0 aliphatic heterocycles. The number of hydrogen-bond acceptors (Lipinski definition) is 11. The van der Waals surface area contributed by atoms with Crippen molar-refractivity contribution in [3.05, 3.63) is 31.5 Å². The van der Waals surface area contributed by atoms with Crippen LogP contribution in [0, 0.1) is 0 Å². The van der Waals surface area contributed by atoms with Gasteiger partial charge in [-0.15, -0.1) is 0 Å². The maximum atomic E-state index is 10.2. The molecule has 0 bridgehead atoms. The van der Waals surface area contributed by atoms with E-state index < -0.39 is 41.3 Å². The van der Waals surface area contributed by atoms with Crippen LogP contribution >= 0.6 is 0 Å². The molecule has 0 spiro atoms. The van der Waals surface area contributed by atoms with Crippen LogP contribution in [0.2, 0.25) is 0 Å². The normalized spacial score (nSPS) is 6.76. The van der Waals surface area contributed by atoms with E-state index in [0.717, 1.165) is 0 Å². The van der Waals surface area contributed by atoms with Crippen molar-refractivity contribution in [2.24, 2.45) is 17.2 Å². The van der Waals surface area contributed by atoms with Gasteiger partial charge in [0.05, 0.1) is 0 Å². The zero-order valence-corrected chi connectivity index (χ0v) is 14.0. The summed E-state index contributed by atoms with van der Waals surface area (Å²) in [6.45, 7) is 0. The first kappa shape index (κ1) is 39.3. The molecular weight excluding hydrogens is 414 g/mol. The molecular formula is C8H18N9O12-. The molecule has 18 N–H and O–H groups in total. The molecule has 0 saturated heterocycles. The van der Waals surface area contributed by atoms with Crippen molar-refractivity contribution in [3.63, 3.8) is 0 Å². The van der Waals surface area contributed by atoms with E-state index in [4.69, 9.17) is 9.59 Å². The molecule has 1 heterocycles. The van der Waals surface area contributed by atoms with E-state index in [2.05, 4.69) is 17.2 Å². The topological polar surface area (TPSA) is 424 Å². The summed E-state index contributed by atoms with van der Waals surface area (Å²) < 4.78 is 0. The third-order valence-corrected chi connectivity index (χ3v) is 1.15. The Bertz CT molecular complexity index is 689. The number of imide groups is 2. The number of hydrogen-bond donors (Lipinski definition) is 9. The van der Waals surface area contributed by atoms with Gasteiger partial charge in [0.2, 0.25) is 0 Å². The van der Waals surface area contributed by atoms with E-state index in [1.165, 1.54) is 5.32 Å². The van der Waals surface area contributed by atoms with Gasteiger partial charge in [-0.1, -0.05) is 0 Å². The molecule has 0 fully saturated rings. The number of carbonyl (C=O) groups is 4. The fourth-order valence-corrected chi connectivity index (χ4v) is 0.625. The van der Waals surface area contributed by atoms with Crippen LogP contribution in [0.3, 0.4) is 0 Å². The van der Waals surface area contributed by atoms with Gasteiger partial charge in [-0.05, 0) is 0 Å². The molecule has 0 aliphatic rings. The van der Waals surface area contributed by atoms with E-state index in [9.17, 15) is 38.7 Å². The van der Waals surface area contributed by atoms with Gasteiger partial charge >= 0.3 is 41.3 Å². The summed E-state index contributed by atoms with van der Waals surface area (Å²) in [5.74, 6) is 0. The Morgan fingerprint density at radius 1 is 0.724 bits per heavy atom. The van der Waals surface area contributed by atoms with E-state index in [1.54, 1.807) is 20.3 Å². The second-order valence-electron chi connectivity index (χ2n) is 3.08. The standard InChI is InChI=1S/C3H3N3O3.C2H5N3O2.C2H4N2O3.CO2.H3N.2H2O/c7-1-4-2(8)6-3(9)5-1;3-1(6)5-2(4)7;3-1(5)4-2(6)7;2-1-3;;;/h(H3,4,5,6,7,8,9);(H5,3,4,5,6,7);(H,6,7)(H3,3,4,5);;1H3;2*1H2/p-1. The minimum Gasteiger partial charge on any atom is -0.530 e. The Kier molecular flexibility index (Phi) is 31.4. The molecule has 1 rings (SSSR count). The summed E-state index contributed by atoms with van der Waals surface area (Å²) >= 11 is 0. The molecule has 168 valence electrons. The number of aromatic nitrogens is 3. The van der Waals surface area contributed by atoms with Gasteiger partial charge in [0.25, 0.3) is 0 Å². The first-order valence-electron chi connectivity index (χ1n) is 5.41. The number of carbonyl (C=O) groups excluding carboxylic acids is 6. The number of nitrogens with two attached hydrogens (primary N) is 3. The van der Waals surface area contributed by atoms with E-state index in [0.29, 0.717) is 0 Å². The lowest BCUT2D eigenvalue weighted by Gasteiger charge is -1.96. The largest absolute Gasteiger partial charge is 0.530 e. The molecule has 1 aromatic heterocycles. The van der Waals surface area contributed by atoms with Crippen molar-refractivity contribution in [2.45, 2.75) is 0 Å². The van der Waals surface area contributed by atoms with E-state index in [1.807, 2.05) is 0 Å². The van der Waals surface area contributed by atoms with Crippen LogP contribution < -0.4 is 56.2 Å². The lowest BCUT2D eigenvalue weighted by Crippen LogP contribution is -2.43. The molecule has 21 nitrogen and oxygen atoms in total. The number of carboxylic acid groups (broad SMARTS) is 1. The highest BCUT2D eigenvalue weighted by Crippen LogP contribution is 1.51. The number of aromatic amines is 3. The third-order valence-electron chi connectivity index (χ3n) is 1.15. The molecule has 1 aromatic rings. The maximum absolute atomic E-state index is 10.2. The monoisotopic (exact) mass is 432 g/mol. The Morgan fingerprint density at radius 2 is 0.931 bits per heavy atom. The van der Waals surface area contributed by atoms with Crippen LogP contribution in [0.15, 0.2) is 14.4 Å². The van der Waals surface area contributed by atoms with Gasteiger partial charge in [-0.25, -0.2) is 28.8 Å². The summed E-state index contributed by atoms with van der Waals surface area (Å²) in [6.07, 6.45) is -1.44. The van der Waals surface area contributed by atoms with Crippen molar-refractivity contribution >= 4 is 30.3 Å². The first-order chi connectivity index (χ1) is 11.8. The van der Waals surface area contributed by atoms with Crippen molar-refractivity contribution < 1.29 is 44.8 Å². The molecule has 29 heavy (non-hydrogen) atoms. The Morgan fingerprint density at radius 3 is 1.00 bits per heavy atom. The Hall–Kier alpha value is -4.85. The Balaban J connectivity index is -0.0000000617. The predicted molar refractivity (Wildman–Crippen MR) is 86.0 cm³/mol. The van der Waals surface area contributed by atoms with Gasteiger partial charge in [0, 0.05) is 0 Å². The number of H-pyrrole nitrogens is 3. The van der Waals surface area contributed by atoms with Crippen LogP contribution in [-0.4, -0.2) is 56.2 Å². The van der Waals surface area contributed by atoms with Gasteiger partial charge < -0.3 is 44.2 Å². The van der Waals surface area contributed by atoms with Gasteiger partial charge in [0.1, 0.15) is 6.09 Å². The summed E-state index contributed by atoms with van der Waals surface area (Å²) in [5, 5.41) is 12.1. The van der Waals surface area contributed by atoms with Crippen LogP contribution in [0.25, 0.3) is 0 Å². The van der Waals surface area contributed by atoms with Gasteiger partial charge in [-0.3, -0.25) is 25.6 Å². The highest BCUT2D eigenvalue weighted by atomic mass is 16.4. The SMILES string of the molecule is N.NC(=O)NC(=O)[O-].NC(=O)NC(N)=O.O.O.O=C=O.O=c1[nH]c(=O)[nH]c(=O)[nH]1. The maximum Gasteiger partial charge on any atom is 0.373 e. The fourth-order valence-electron chi connectivity index (χ4n) is 0.625. The zero-order valence-electron chi connectivity index (χ0n) is 14.0. The van der Waals surface area contributed by atoms with Crippen molar-refractivity contribution in [1.29, 1.82) is 0 Å². The molecule has 0 aromatic carbocycles. The third kappa shape index (κ3) is 45.1. The molecule has 0 radical (unpaired) electrons. The van der Waals surface area contributed by atoms with E-state index in [-0.39, 0.29) is 23.3 Å². The average molecular weight is 432 g/mol. The predicted octanol–water partition coefficient (Wildman–Crippen LogP) is -7.59. The van der Waals surface area contributed by atoms with Crippen LogP contribution in [-0.2, 0) is 9.59 Å². The molecule has 0 saturated carbocycles. The number of rotatable bonds is 0. The summed E-state index contributed by atoms with van der Waals surface area (Å²) in [5.41, 5.74) is 10.8. The highest BCUT2D eigenvalue weighted by Gasteiger charge is 1.92. The van der Waals surface area contributed by atoms with Crippen molar-refractivity contribution in [1.82, 2.24) is 31.7 Å². The van der Waals surface area contributed by atoms with Crippen LogP contribution in [0.5, 0.6) is 0 Å². The summed E-state index contributed by atoms with van der Waals surface area (Å²) in [4.78, 5) is 90.2. The quantitative estimate of drug-likeness (QED) is 0.185. The number of urea groups is 3. The fraction of sp³-hybridized carbons (Fsp3) is 0.